The minimum Gasteiger partial charge on any atom is -0.271 e. The fourth-order valence-corrected chi connectivity index (χ4v) is 2.51. The first kappa shape index (κ1) is 16.1. The van der Waals surface area contributed by atoms with Gasteiger partial charge in [-0.25, -0.2) is 0 Å². The molecule has 3 N–H and O–H groups in total. The molecule has 19 heavy (non-hydrogen) atoms. The second kappa shape index (κ2) is 9.93. The molecule has 0 saturated carbocycles. The van der Waals surface area contributed by atoms with Gasteiger partial charge in [-0.15, -0.1) is 0 Å². The van der Waals surface area contributed by atoms with Crippen molar-refractivity contribution in [3.05, 3.63) is 29.6 Å². The van der Waals surface area contributed by atoms with E-state index in [0.717, 1.165) is 6.42 Å². The van der Waals surface area contributed by atoms with Crippen LogP contribution in [0, 0.1) is 6.92 Å². The largest absolute Gasteiger partial charge is 0.271 e. The number of nitrogens with two attached hydrogens (primary N) is 1. The number of aromatic nitrogens is 1. The number of unbranched alkanes of at least 4 members (excludes halogenated alkanes) is 6. The van der Waals surface area contributed by atoms with Crippen molar-refractivity contribution in [2.45, 2.75) is 71.3 Å². The first-order valence-corrected chi connectivity index (χ1v) is 7.66. The quantitative estimate of drug-likeness (QED) is 0.380. The Balaban J connectivity index is 2.24. The molecule has 1 unspecified atom stereocenters. The maximum absolute atomic E-state index is 5.68. The lowest BCUT2D eigenvalue weighted by molar-refractivity contribution is 0.474. The minimum atomic E-state index is 0.263. The predicted molar refractivity (Wildman–Crippen MR) is 81.6 cm³/mol. The lowest BCUT2D eigenvalue weighted by atomic mass is 9.98. The fourth-order valence-electron chi connectivity index (χ4n) is 2.51. The zero-order chi connectivity index (χ0) is 13.9. The highest BCUT2D eigenvalue weighted by Crippen LogP contribution is 2.22. The third-order valence-electron chi connectivity index (χ3n) is 3.74. The number of rotatable bonds is 10. The van der Waals surface area contributed by atoms with Gasteiger partial charge in [-0.1, -0.05) is 51.9 Å². The lowest BCUT2D eigenvalue weighted by Gasteiger charge is -2.18. The van der Waals surface area contributed by atoms with E-state index < -0.39 is 0 Å². The molecule has 0 bridgehead atoms. The van der Waals surface area contributed by atoms with Crippen molar-refractivity contribution in [1.29, 1.82) is 0 Å². The van der Waals surface area contributed by atoms with E-state index in [1.54, 1.807) is 0 Å². The Kier molecular flexibility index (Phi) is 8.43. The summed E-state index contributed by atoms with van der Waals surface area (Å²) in [5, 5.41) is 0. The van der Waals surface area contributed by atoms with E-state index in [1.165, 1.54) is 56.1 Å². The molecule has 0 aliphatic carbocycles. The molecule has 1 heterocycles. The second-order valence-corrected chi connectivity index (χ2v) is 5.36. The van der Waals surface area contributed by atoms with Crippen molar-refractivity contribution in [3.8, 4) is 0 Å². The van der Waals surface area contributed by atoms with Gasteiger partial charge in [-0.05, 0) is 30.5 Å². The van der Waals surface area contributed by atoms with Crippen molar-refractivity contribution in [1.82, 2.24) is 10.4 Å². The van der Waals surface area contributed by atoms with Gasteiger partial charge < -0.3 is 0 Å². The zero-order valence-corrected chi connectivity index (χ0v) is 12.5. The van der Waals surface area contributed by atoms with Crippen molar-refractivity contribution in [2.75, 3.05) is 0 Å². The van der Waals surface area contributed by atoms with Crippen molar-refractivity contribution in [3.63, 3.8) is 0 Å². The van der Waals surface area contributed by atoms with E-state index in [2.05, 4.69) is 30.3 Å². The first-order chi connectivity index (χ1) is 9.29. The maximum Gasteiger partial charge on any atom is 0.0463 e. The van der Waals surface area contributed by atoms with Gasteiger partial charge in [-0.3, -0.25) is 16.3 Å². The molecule has 0 aromatic carbocycles. The van der Waals surface area contributed by atoms with Crippen LogP contribution in [0.3, 0.4) is 0 Å². The van der Waals surface area contributed by atoms with Gasteiger partial charge in [0.1, 0.15) is 0 Å². The highest BCUT2D eigenvalue weighted by molar-refractivity contribution is 5.25. The molecule has 1 aromatic heterocycles. The molecule has 1 aromatic rings. The summed E-state index contributed by atoms with van der Waals surface area (Å²) in [5.74, 6) is 5.68. The SMILES string of the molecule is CCCCCCCCCC(NN)c1ccncc1C. The van der Waals surface area contributed by atoms with Gasteiger partial charge in [-0.2, -0.15) is 0 Å². The Hall–Kier alpha value is -0.930. The predicted octanol–water partition coefficient (Wildman–Crippen LogP) is 4.04. The summed E-state index contributed by atoms with van der Waals surface area (Å²) >= 11 is 0. The molecule has 0 fully saturated rings. The molecule has 0 radical (unpaired) electrons. The molecular formula is C16H29N3. The number of aryl methyl sites for hydroxylation is 1. The van der Waals surface area contributed by atoms with E-state index in [1.807, 2.05) is 12.4 Å². The Labute approximate surface area is 118 Å². The Morgan fingerprint density at radius 3 is 2.47 bits per heavy atom. The zero-order valence-electron chi connectivity index (χ0n) is 12.5. The van der Waals surface area contributed by atoms with Crippen LogP contribution < -0.4 is 11.3 Å². The number of pyridine rings is 1. The number of hydrogen-bond acceptors (Lipinski definition) is 3. The van der Waals surface area contributed by atoms with E-state index in [0.29, 0.717) is 0 Å². The number of hydrazine groups is 1. The molecule has 1 atom stereocenters. The first-order valence-electron chi connectivity index (χ1n) is 7.66. The summed E-state index contributed by atoms with van der Waals surface area (Å²) in [5.41, 5.74) is 5.44. The summed E-state index contributed by atoms with van der Waals surface area (Å²) < 4.78 is 0. The van der Waals surface area contributed by atoms with E-state index in [4.69, 9.17) is 5.84 Å². The van der Waals surface area contributed by atoms with Gasteiger partial charge in [0, 0.05) is 18.4 Å². The average Bonchev–Trinajstić information content (AvgIpc) is 2.43. The molecular weight excluding hydrogens is 234 g/mol. The van der Waals surface area contributed by atoms with Crippen LogP contribution in [0.1, 0.15) is 75.5 Å². The van der Waals surface area contributed by atoms with Crippen LogP contribution in [-0.2, 0) is 0 Å². The van der Waals surface area contributed by atoms with Crippen molar-refractivity contribution in [2.24, 2.45) is 5.84 Å². The van der Waals surface area contributed by atoms with E-state index in [-0.39, 0.29) is 6.04 Å². The number of nitrogens with zero attached hydrogens (tertiary/aromatic N) is 1. The van der Waals surface area contributed by atoms with Gasteiger partial charge >= 0.3 is 0 Å². The van der Waals surface area contributed by atoms with Crippen LogP contribution in [0.2, 0.25) is 0 Å². The van der Waals surface area contributed by atoms with Crippen molar-refractivity contribution < 1.29 is 0 Å². The summed E-state index contributed by atoms with van der Waals surface area (Å²) in [6, 6.07) is 2.33. The van der Waals surface area contributed by atoms with Gasteiger partial charge in [0.05, 0.1) is 0 Å². The minimum absolute atomic E-state index is 0.263. The Bertz CT molecular complexity index is 339. The fraction of sp³-hybridized carbons (Fsp3) is 0.688. The van der Waals surface area contributed by atoms with E-state index in [9.17, 15) is 0 Å². The van der Waals surface area contributed by atoms with Crippen LogP contribution in [-0.4, -0.2) is 4.98 Å². The smallest absolute Gasteiger partial charge is 0.0463 e. The summed E-state index contributed by atoms with van der Waals surface area (Å²) in [6.45, 7) is 4.35. The standard InChI is InChI=1S/C16H29N3/c1-3-4-5-6-7-8-9-10-16(19-17)15-11-12-18-13-14(15)2/h11-13,16,19H,3-10,17H2,1-2H3. The lowest BCUT2D eigenvalue weighted by Crippen LogP contribution is -2.28. The van der Waals surface area contributed by atoms with Gasteiger partial charge in [0.25, 0.3) is 0 Å². The summed E-state index contributed by atoms with van der Waals surface area (Å²) in [7, 11) is 0. The van der Waals surface area contributed by atoms with Crippen LogP contribution in [0.4, 0.5) is 0 Å². The highest BCUT2D eigenvalue weighted by Gasteiger charge is 2.11. The Morgan fingerprint density at radius 1 is 1.16 bits per heavy atom. The topological polar surface area (TPSA) is 50.9 Å². The molecule has 3 heteroatoms. The van der Waals surface area contributed by atoms with Crippen LogP contribution in [0.25, 0.3) is 0 Å². The third-order valence-corrected chi connectivity index (χ3v) is 3.74. The molecule has 0 aliphatic heterocycles. The molecule has 3 nitrogen and oxygen atoms in total. The monoisotopic (exact) mass is 263 g/mol. The summed E-state index contributed by atoms with van der Waals surface area (Å²) in [6.07, 6.45) is 14.2. The Morgan fingerprint density at radius 2 is 1.84 bits per heavy atom. The average molecular weight is 263 g/mol. The molecule has 108 valence electrons. The maximum atomic E-state index is 5.68. The molecule has 0 amide bonds. The summed E-state index contributed by atoms with van der Waals surface area (Å²) in [4.78, 5) is 4.13. The van der Waals surface area contributed by atoms with Gasteiger partial charge in [0.2, 0.25) is 0 Å². The normalized spacial score (nSPS) is 12.6. The van der Waals surface area contributed by atoms with Crippen LogP contribution >= 0.6 is 0 Å². The van der Waals surface area contributed by atoms with Crippen LogP contribution in [0.15, 0.2) is 18.5 Å². The molecule has 0 aliphatic rings. The van der Waals surface area contributed by atoms with E-state index >= 15 is 0 Å². The number of hydrogen-bond donors (Lipinski definition) is 2. The highest BCUT2D eigenvalue weighted by atomic mass is 15.2. The third kappa shape index (κ3) is 6.17. The van der Waals surface area contributed by atoms with Crippen molar-refractivity contribution >= 4 is 0 Å². The second-order valence-electron chi connectivity index (χ2n) is 5.36. The molecule has 0 spiro atoms. The molecule has 0 saturated heterocycles. The van der Waals surface area contributed by atoms with Gasteiger partial charge in [0.15, 0.2) is 0 Å². The number of nitrogens with one attached hydrogen (secondary N) is 1. The van der Waals surface area contributed by atoms with Crippen LogP contribution in [0.5, 0.6) is 0 Å². The molecule has 1 rings (SSSR count).